The summed E-state index contributed by atoms with van der Waals surface area (Å²) in [6, 6.07) is 0. The molecule has 0 aromatic rings. The topological polar surface area (TPSA) is 74.7 Å². The lowest BCUT2D eigenvalue weighted by molar-refractivity contribution is -0.128. The van der Waals surface area contributed by atoms with Crippen molar-refractivity contribution in [3.63, 3.8) is 0 Å². The fourth-order valence-electron chi connectivity index (χ4n) is 7.03. The first-order valence-electron chi connectivity index (χ1n) is 17.2. The quantitative estimate of drug-likeness (QED) is 0.101. The van der Waals surface area contributed by atoms with Gasteiger partial charge in [0, 0.05) is 5.41 Å². The van der Waals surface area contributed by atoms with Crippen molar-refractivity contribution in [2.45, 2.75) is 175 Å². The lowest BCUT2D eigenvalue weighted by Gasteiger charge is -2.32. The van der Waals surface area contributed by atoms with E-state index in [0.717, 1.165) is 6.42 Å². The number of carbonyl (C=O) groups excluding carboxylic acids is 1. The van der Waals surface area contributed by atoms with Crippen LogP contribution in [0, 0.1) is 16.7 Å². The van der Waals surface area contributed by atoms with Gasteiger partial charge in [-0.2, -0.15) is 8.42 Å². The van der Waals surface area contributed by atoms with Gasteiger partial charge in [0.1, 0.15) is 5.25 Å². The van der Waals surface area contributed by atoms with Crippen LogP contribution in [0.1, 0.15) is 170 Å². The number of hydrogen-bond donors (Lipinski definition) is 1. The maximum absolute atomic E-state index is 12.0. The Kier molecular flexibility index (Phi) is 18.5. The molecule has 1 N–H and O–H groups in total. The molecule has 0 aliphatic heterocycles. The molecule has 0 aromatic heterocycles. The van der Waals surface area contributed by atoms with E-state index in [-0.39, 0.29) is 17.1 Å². The van der Waals surface area contributed by atoms with Crippen molar-refractivity contribution in [1.82, 2.24) is 4.90 Å². The van der Waals surface area contributed by atoms with Crippen molar-refractivity contribution in [2.24, 2.45) is 16.7 Å². The zero-order valence-electron chi connectivity index (χ0n) is 27.4. The van der Waals surface area contributed by atoms with E-state index in [9.17, 15) is 13.2 Å². The summed E-state index contributed by atoms with van der Waals surface area (Å²) in [6.07, 6.45) is 27.2. The Morgan fingerprint density at radius 1 is 0.675 bits per heavy atom. The lowest BCUT2D eigenvalue weighted by atomic mass is 9.70. The van der Waals surface area contributed by atoms with Gasteiger partial charge in [-0.15, -0.1) is 0 Å². The second-order valence-corrected chi connectivity index (χ2v) is 15.2. The molecule has 3 atom stereocenters. The van der Waals surface area contributed by atoms with Gasteiger partial charge in [0.05, 0.1) is 0 Å². The lowest BCUT2D eigenvalue weighted by Crippen LogP contribution is -2.38. The van der Waals surface area contributed by atoms with E-state index in [1.165, 1.54) is 135 Å². The van der Waals surface area contributed by atoms with Crippen LogP contribution >= 0.6 is 0 Å². The predicted octanol–water partition coefficient (Wildman–Crippen LogP) is 9.64. The summed E-state index contributed by atoms with van der Waals surface area (Å²) >= 11 is 0. The van der Waals surface area contributed by atoms with Gasteiger partial charge in [0.15, 0.2) is 5.78 Å². The number of rotatable bonds is 22. The van der Waals surface area contributed by atoms with Gasteiger partial charge in [0.25, 0.3) is 10.1 Å². The van der Waals surface area contributed by atoms with Crippen molar-refractivity contribution < 1.29 is 17.8 Å². The largest absolute Gasteiger partial charge is 0.303 e. The van der Waals surface area contributed by atoms with Crippen molar-refractivity contribution >= 4 is 15.9 Å². The number of hydrogen-bond acceptors (Lipinski definition) is 4. The molecule has 0 spiro atoms. The third kappa shape index (κ3) is 12.0. The Balaban J connectivity index is 0.000000448. The SMILES string of the molecule is CC12CCC(C(S(=O)(=O)O)C1=O)C2(C)C.CCCCCCCCN(CCCCCCCC)CCCCCCCC. The average molecular weight is 586 g/mol. The van der Waals surface area contributed by atoms with Gasteiger partial charge in [-0.3, -0.25) is 9.35 Å². The second kappa shape index (κ2) is 19.7. The first-order chi connectivity index (χ1) is 19.0. The van der Waals surface area contributed by atoms with Crippen LogP contribution in [0.5, 0.6) is 0 Å². The molecular formula is C34H67NO4S. The van der Waals surface area contributed by atoms with Crippen LogP contribution in [0.3, 0.4) is 0 Å². The molecule has 238 valence electrons. The Labute approximate surface area is 249 Å². The van der Waals surface area contributed by atoms with E-state index in [1.807, 2.05) is 20.8 Å². The summed E-state index contributed by atoms with van der Waals surface area (Å²) in [4.78, 5) is 14.8. The smallest absolute Gasteiger partial charge is 0.275 e. The minimum Gasteiger partial charge on any atom is -0.303 e. The van der Waals surface area contributed by atoms with Crippen LogP contribution in [0.25, 0.3) is 0 Å². The van der Waals surface area contributed by atoms with E-state index in [1.54, 1.807) is 0 Å². The fraction of sp³-hybridized carbons (Fsp3) is 0.971. The minimum atomic E-state index is -4.24. The van der Waals surface area contributed by atoms with Crippen LogP contribution in [-0.4, -0.2) is 48.5 Å². The van der Waals surface area contributed by atoms with Gasteiger partial charge in [0.2, 0.25) is 0 Å². The molecule has 2 bridgehead atoms. The summed E-state index contributed by atoms with van der Waals surface area (Å²) in [5.74, 6) is -0.531. The van der Waals surface area contributed by atoms with Crippen molar-refractivity contribution in [3.05, 3.63) is 0 Å². The number of Topliss-reactive ketones (excluding diaryl/α,β-unsaturated/α-hetero) is 1. The monoisotopic (exact) mass is 585 g/mol. The Morgan fingerprint density at radius 3 is 1.30 bits per heavy atom. The fourth-order valence-corrected chi connectivity index (χ4v) is 8.45. The Morgan fingerprint density at radius 2 is 1.02 bits per heavy atom. The normalized spacial score (nSPS) is 23.6. The highest BCUT2D eigenvalue weighted by molar-refractivity contribution is 7.87. The number of fused-ring (bicyclic) bond motifs is 2. The predicted molar refractivity (Wildman–Crippen MR) is 172 cm³/mol. The molecule has 0 amide bonds. The highest BCUT2D eigenvalue weighted by Gasteiger charge is 2.69. The van der Waals surface area contributed by atoms with Crippen LogP contribution in [-0.2, 0) is 14.9 Å². The van der Waals surface area contributed by atoms with Crippen LogP contribution in [0.15, 0.2) is 0 Å². The molecule has 0 aromatic carbocycles. The molecular weight excluding hydrogens is 518 g/mol. The Hall–Kier alpha value is -0.460. The van der Waals surface area contributed by atoms with Gasteiger partial charge in [-0.05, 0) is 63.1 Å². The second-order valence-electron chi connectivity index (χ2n) is 13.6. The number of nitrogens with zero attached hydrogens (tertiary/aromatic N) is 1. The third-order valence-electron chi connectivity index (χ3n) is 10.3. The van der Waals surface area contributed by atoms with Gasteiger partial charge in [-0.1, -0.05) is 138 Å². The number of ketones is 1. The molecule has 2 aliphatic rings. The van der Waals surface area contributed by atoms with Crippen LogP contribution in [0.4, 0.5) is 0 Å². The molecule has 2 rings (SSSR count). The van der Waals surface area contributed by atoms with Crippen LogP contribution in [0.2, 0.25) is 0 Å². The van der Waals surface area contributed by atoms with E-state index >= 15 is 0 Å². The molecule has 2 aliphatic carbocycles. The molecule has 6 heteroatoms. The molecule has 40 heavy (non-hydrogen) atoms. The van der Waals surface area contributed by atoms with Gasteiger partial charge >= 0.3 is 0 Å². The molecule has 0 heterocycles. The minimum absolute atomic E-state index is 0.231. The number of unbranched alkanes of at least 4 members (excludes halogenated alkanes) is 15. The van der Waals surface area contributed by atoms with E-state index in [0.29, 0.717) is 6.42 Å². The van der Waals surface area contributed by atoms with Gasteiger partial charge < -0.3 is 4.90 Å². The standard InChI is InChI=1S/C24H51N.C10H16O4S/c1-4-7-10-13-16-19-22-25(23-20-17-14-11-8-5-2)24-21-18-15-12-9-6-3;1-9(2)6-4-5-10(9,3)8(11)7(6)15(12,13)14/h4-24H2,1-3H3;6-7H,4-5H2,1-3H3,(H,12,13,14). The summed E-state index contributed by atoms with van der Waals surface area (Å²) in [5, 5.41) is -1.19. The van der Waals surface area contributed by atoms with Crippen molar-refractivity contribution in [2.75, 3.05) is 19.6 Å². The average Bonchev–Trinajstić information content (AvgIpc) is 3.22. The van der Waals surface area contributed by atoms with Crippen LogP contribution < -0.4 is 0 Å². The molecule has 3 unspecified atom stereocenters. The molecule has 2 fully saturated rings. The summed E-state index contributed by atoms with van der Waals surface area (Å²) in [6.45, 7) is 16.7. The van der Waals surface area contributed by atoms with Crippen molar-refractivity contribution in [1.29, 1.82) is 0 Å². The third-order valence-corrected chi connectivity index (χ3v) is 11.5. The Bertz CT molecular complexity index is 743. The zero-order valence-corrected chi connectivity index (χ0v) is 28.3. The first-order valence-corrected chi connectivity index (χ1v) is 18.7. The number of carbonyl (C=O) groups is 1. The summed E-state index contributed by atoms with van der Waals surface area (Å²) in [7, 11) is -4.24. The first kappa shape index (κ1) is 37.6. The van der Waals surface area contributed by atoms with Crippen molar-refractivity contribution in [3.8, 4) is 0 Å². The summed E-state index contributed by atoms with van der Waals surface area (Å²) in [5.41, 5.74) is -0.914. The maximum Gasteiger partial charge on any atom is 0.275 e. The van der Waals surface area contributed by atoms with E-state index in [2.05, 4.69) is 25.7 Å². The zero-order chi connectivity index (χ0) is 30.1. The molecule has 0 saturated heterocycles. The summed E-state index contributed by atoms with van der Waals surface area (Å²) < 4.78 is 31.5. The van der Waals surface area contributed by atoms with E-state index in [4.69, 9.17) is 4.55 Å². The highest BCUT2D eigenvalue weighted by Crippen LogP contribution is 2.64. The molecule has 0 radical (unpaired) electrons. The van der Waals surface area contributed by atoms with Gasteiger partial charge in [-0.25, -0.2) is 0 Å². The molecule has 2 saturated carbocycles. The maximum atomic E-state index is 12.0. The molecule has 5 nitrogen and oxygen atoms in total. The van der Waals surface area contributed by atoms with E-state index < -0.39 is 20.8 Å². The highest BCUT2D eigenvalue weighted by atomic mass is 32.2.